The van der Waals surface area contributed by atoms with E-state index in [-0.39, 0.29) is 21.7 Å². The van der Waals surface area contributed by atoms with Crippen molar-refractivity contribution in [2.75, 3.05) is 26.8 Å². The highest BCUT2D eigenvalue weighted by Gasteiger charge is 2.24. The van der Waals surface area contributed by atoms with Gasteiger partial charge in [0.05, 0.1) is 29.5 Å². The predicted octanol–water partition coefficient (Wildman–Crippen LogP) is 2.21. The van der Waals surface area contributed by atoms with E-state index in [1.165, 1.54) is 11.7 Å². The zero-order valence-corrected chi connectivity index (χ0v) is 20.8. The fourth-order valence-electron chi connectivity index (χ4n) is 3.99. The predicted molar refractivity (Wildman–Crippen MR) is 137 cm³/mol. The van der Waals surface area contributed by atoms with E-state index in [2.05, 4.69) is 6.07 Å². The van der Waals surface area contributed by atoms with Crippen LogP contribution in [0.15, 0.2) is 53.3 Å². The molecule has 1 amide bonds. The standard InChI is InChI=1S/C27H25N3O5S/c1-3-35-21-12-10-20(11-13-21)30-25(32)23(16-18-6-8-19(9-7-18)27(33)34-2)36-26(30)22(17-28)24(31)29-14-4-5-15-29/h6-13,16H,3-5,14-15H2,1-2H3/b23-16-,26-22+. The van der Waals surface area contributed by atoms with Crippen molar-refractivity contribution in [3.05, 3.63) is 79.2 Å². The number of rotatable bonds is 6. The van der Waals surface area contributed by atoms with Crippen LogP contribution in [0.2, 0.25) is 0 Å². The van der Waals surface area contributed by atoms with Gasteiger partial charge in [-0.25, -0.2) is 4.79 Å². The number of carbonyl (C=O) groups is 2. The monoisotopic (exact) mass is 503 g/mol. The summed E-state index contributed by atoms with van der Waals surface area (Å²) in [6.07, 6.45) is 3.46. The third-order valence-corrected chi connectivity index (χ3v) is 6.88. The molecule has 1 aliphatic rings. The molecule has 8 nitrogen and oxygen atoms in total. The van der Waals surface area contributed by atoms with Gasteiger partial charge in [0.1, 0.15) is 16.5 Å². The highest BCUT2D eigenvalue weighted by Crippen LogP contribution is 2.15. The maximum absolute atomic E-state index is 13.6. The van der Waals surface area contributed by atoms with E-state index in [9.17, 15) is 19.6 Å². The van der Waals surface area contributed by atoms with Crippen molar-refractivity contribution in [1.82, 2.24) is 9.47 Å². The fourth-order valence-corrected chi connectivity index (χ4v) is 5.09. The molecule has 1 saturated heterocycles. The SMILES string of the molecule is CCOc1ccc(-n2c(=O)/c(=C/c3ccc(C(=O)OC)cc3)s/c2=C(\C#N)C(=O)N2CCCC2)cc1. The molecule has 0 bridgehead atoms. The molecular formula is C27H25N3O5S. The van der Waals surface area contributed by atoms with Gasteiger partial charge in [0, 0.05) is 13.1 Å². The van der Waals surface area contributed by atoms with Crippen molar-refractivity contribution in [3.8, 4) is 17.5 Å². The summed E-state index contributed by atoms with van der Waals surface area (Å²) in [5, 5.41) is 9.97. The molecule has 1 aromatic heterocycles. The van der Waals surface area contributed by atoms with Crippen LogP contribution < -0.4 is 19.5 Å². The first kappa shape index (κ1) is 24.9. The number of hydrogen-bond donors (Lipinski definition) is 0. The van der Waals surface area contributed by atoms with E-state index in [1.54, 1.807) is 59.5 Å². The van der Waals surface area contributed by atoms with Crippen molar-refractivity contribution >= 4 is 34.9 Å². The molecule has 3 aromatic rings. The molecule has 0 saturated carbocycles. The lowest BCUT2D eigenvalue weighted by molar-refractivity contribution is -0.123. The van der Waals surface area contributed by atoms with Crippen molar-refractivity contribution in [2.24, 2.45) is 0 Å². The zero-order chi connectivity index (χ0) is 25.7. The smallest absolute Gasteiger partial charge is 0.337 e. The molecule has 0 spiro atoms. The number of nitrogens with zero attached hydrogens (tertiary/aromatic N) is 3. The summed E-state index contributed by atoms with van der Waals surface area (Å²) in [7, 11) is 1.31. The van der Waals surface area contributed by atoms with E-state index < -0.39 is 5.97 Å². The average molecular weight is 504 g/mol. The number of esters is 1. The first-order valence-electron chi connectivity index (χ1n) is 11.6. The second-order valence-corrected chi connectivity index (χ2v) is 9.11. The molecule has 0 unspecified atom stereocenters. The van der Waals surface area contributed by atoms with Crippen molar-refractivity contribution in [1.29, 1.82) is 5.26 Å². The average Bonchev–Trinajstić information content (AvgIpc) is 3.54. The summed E-state index contributed by atoms with van der Waals surface area (Å²) >= 11 is 1.09. The molecule has 36 heavy (non-hydrogen) atoms. The number of nitriles is 1. The minimum absolute atomic E-state index is 0.0615. The molecule has 184 valence electrons. The lowest BCUT2D eigenvalue weighted by Crippen LogP contribution is -2.35. The van der Waals surface area contributed by atoms with Gasteiger partial charge in [-0.2, -0.15) is 5.26 Å². The number of benzene rings is 2. The second kappa shape index (κ2) is 11.1. The summed E-state index contributed by atoms with van der Waals surface area (Å²) in [4.78, 5) is 40.2. The van der Waals surface area contributed by atoms with Crippen LogP contribution in [0.1, 0.15) is 35.7 Å². The Labute approximate surface area is 211 Å². The summed E-state index contributed by atoms with van der Waals surface area (Å²) in [5.74, 6) is -0.169. The Balaban J connectivity index is 1.91. The molecule has 2 heterocycles. The van der Waals surface area contributed by atoms with Crippen LogP contribution >= 0.6 is 11.3 Å². The van der Waals surface area contributed by atoms with Gasteiger partial charge in [0.15, 0.2) is 5.57 Å². The molecule has 1 fully saturated rings. The molecule has 4 rings (SSSR count). The Morgan fingerprint density at radius 2 is 1.75 bits per heavy atom. The topological polar surface area (TPSA) is 102 Å². The summed E-state index contributed by atoms with van der Waals surface area (Å²) < 4.78 is 12.3. The number of methoxy groups -OCH3 is 1. The molecule has 2 aromatic carbocycles. The number of hydrogen-bond acceptors (Lipinski definition) is 7. The van der Waals surface area contributed by atoms with Crippen LogP contribution in [-0.4, -0.2) is 48.1 Å². The lowest BCUT2D eigenvalue weighted by Gasteiger charge is -2.14. The van der Waals surface area contributed by atoms with Gasteiger partial charge in [-0.15, -0.1) is 11.3 Å². The Kier molecular flexibility index (Phi) is 7.66. The van der Waals surface area contributed by atoms with Crippen molar-refractivity contribution in [3.63, 3.8) is 0 Å². The van der Waals surface area contributed by atoms with Crippen LogP contribution in [0.5, 0.6) is 5.75 Å². The maximum Gasteiger partial charge on any atom is 0.337 e. The third kappa shape index (κ3) is 5.09. The third-order valence-electron chi connectivity index (χ3n) is 5.79. The van der Waals surface area contributed by atoms with Gasteiger partial charge in [-0.05, 0) is 67.8 Å². The van der Waals surface area contributed by atoms with E-state index in [1.807, 2.05) is 6.92 Å². The van der Waals surface area contributed by atoms with Gasteiger partial charge in [0.2, 0.25) is 0 Å². The van der Waals surface area contributed by atoms with Gasteiger partial charge in [0.25, 0.3) is 11.5 Å². The minimum Gasteiger partial charge on any atom is -0.494 e. The summed E-state index contributed by atoms with van der Waals surface area (Å²) in [6.45, 7) is 3.57. The van der Waals surface area contributed by atoms with Crippen LogP contribution in [-0.2, 0) is 9.53 Å². The first-order chi connectivity index (χ1) is 17.5. The van der Waals surface area contributed by atoms with Gasteiger partial charge < -0.3 is 14.4 Å². The largest absolute Gasteiger partial charge is 0.494 e. The normalized spacial score (nSPS) is 14.4. The van der Waals surface area contributed by atoms with Crippen LogP contribution in [0.4, 0.5) is 0 Å². The van der Waals surface area contributed by atoms with Crippen molar-refractivity contribution < 1.29 is 19.1 Å². The number of thiazole rings is 1. The summed E-state index contributed by atoms with van der Waals surface area (Å²) in [5.41, 5.74) is 1.20. The number of likely N-dealkylation sites (tertiary alicyclic amines) is 1. The van der Waals surface area contributed by atoms with E-state index >= 15 is 0 Å². The van der Waals surface area contributed by atoms with E-state index in [0.29, 0.717) is 46.8 Å². The molecule has 9 heteroatoms. The minimum atomic E-state index is -0.452. The molecule has 1 aliphatic heterocycles. The highest BCUT2D eigenvalue weighted by atomic mass is 32.1. The van der Waals surface area contributed by atoms with Gasteiger partial charge in [-0.3, -0.25) is 14.2 Å². The second-order valence-electron chi connectivity index (χ2n) is 8.08. The Bertz CT molecular complexity index is 1490. The molecule has 0 radical (unpaired) electrons. The summed E-state index contributed by atoms with van der Waals surface area (Å²) in [6, 6.07) is 15.6. The number of ether oxygens (including phenoxy) is 2. The Hall–Kier alpha value is -4.16. The van der Waals surface area contributed by atoms with Crippen LogP contribution in [0.3, 0.4) is 0 Å². The zero-order valence-electron chi connectivity index (χ0n) is 20.0. The molecule has 0 atom stereocenters. The fraction of sp³-hybridized carbons (Fsp3) is 0.259. The molecular weight excluding hydrogens is 478 g/mol. The van der Waals surface area contributed by atoms with E-state index in [0.717, 1.165) is 24.2 Å². The number of aromatic nitrogens is 1. The maximum atomic E-state index is 13.6. The Morgan fingerprint density at radius 3 is 2.33 bits per heavy atom. The quantitative estimate of drug-likeness (QED) is 0.478. The van der Waals surface area contributed by atoms with E-state index in [4.69, 9.17) is 9.47 Å². The molecule has 0 N–H and O–H groups in total. The van der Waals surface area contributed by atoms with Crippen molar-refractivity contribution in [2.45, 2.75) is 19.8 Å². The molecule has 0 aliphatic carbocycles. The first-order valence-corrected chi connectivity index (χ1v) is 12.4. The van der Waals surface area contributed by atoms with Crippen LogP contribution in [0, 0.1) is 11.3 Å². The number of carbonyl (C=O) groups excluding carboxylic acids is 2. The highest BCUT2D eigenvalue weighted by molar-refractivity contribution is 7.07. The van der Waals surface area contributed by atoms with Gasteiger partial charge in [-0.1, -0.05) is 12.1 Å². The van der Waals surface area contributed by atoms with Gasteiger partial charge >= 0.3 is 5.97 Å². The number of amides is 1. The lowest BCUT2D eigenvalue weighted by atomic mass is 10.1. The van der Waals surface area contributed by atoms with Crippen LogP contribution in [0.25, 0.3) is 17.3 Å². The Morgan fingerprint density at radius 1 is 1.08 bits per heavy atom.